The molecule has 1 N–H and O–H groups in total. The molecule has 0 radical (unpaired) electrons. The highest BCUT2D eigenvalue weighted by Gasteiger charge is 2.42. The summed E-state index contributed by atoms with van der Waals surface area (Å²) in [6.45, 7) is -0.874. The Bertz CT molecular complexity index is 267. The van der Waals surface area contributed by atoms with Crippen LogP contribution in [0.4, 0.5) is 8.78 Å². The van der Waals surface area contributed by atoms with Crippen molar-refractivity contribution in [3.63, 3.8) is 0 Å². The molecule has 1 aliphatic rings. The third kappa shape index (κ3) is 2.06. The first kappa shape index (κ1) is 11.0. The molecule has 1 heterocycles. The normalized spacial score (nSPS) is 23.4. The molecule has 1 fully saturated rings. The van der Waals surface area contributed by atoms with E-state index in [1.54, 1.807) is 0 Å². The van der Waals surface area contributed by atoms with Crippen molar-refractivity contribution >= 4 is 11.8 Å². The summed E-state index contributed by atoms with van der Waals surface area (Å²) in [5, 5.41) is 8.29. The molecule has 1 aliphatic heterocycles. The average Bonchev–Trinajstić information content (AvgIpc) is 2.32. The van der Waals surface area contributed by atoms with Crippen LogP contribution in [0.25, 0.3) is 0 Å². The molecule has 1 atom stereocenters. The molecule has 2 amide bonds. The van der Waals surface area contributed by atoms with Gasteiger partial charge in [0.2, 0.25) is 11.8 Å². The number of alkyl halides is 2. The minimum Gasteiger partial charge on any atom is -0.390 e. The Labute approximate surface area is 79.5 Å². The number of hydrogen-bond donors (Lipinski definition) is 1. The van der Waals surface area contributed by atoms with Crippen LogP contribution in [0.1, 0.15) is 13.3 Å². The Morgan fingerprint density at radius 1 is 1.57 bits per heavy atom. The summed E-state index contributed by atoms with van der Waals surface area (Å²) in [6.07, 6.45) is -0.0274. The van der Waals surface area contributed by atoms with Crippen LogP contribution in [0.2, 0.25) is 0 Å². The second-order valence-electron chi connectivity index (χ2n) is 3.44. The molecule has 4 nitrogen and oxygen atoms in total. The lowest BCUT2D eigenvalue weighted by molar-refractivity contribution is -0.147. The van der Waals surface area contributed by atoms with Gasteiger partial charge in [0.15, 0.2) is 0 Å². The van der Waals surface area contributed by atoms with Crippen molar-refractivity contribution < 1.29 is 23.5 Å². The number of hydrogen-bond acceptors (Lipinski definition) is 3. The van der Waals surface area contributed by atoms with E-state index in [4.69, 9.17) is 5.11 Å². The van der Waals surface area contributed by atoms with E-state index < -0.39 is 36.8 Å². The van der Waals surface area contributed by atoms with Crippen molar-refractivity contribution in [1.29, 1.82) is 0 Å². The molecule has 1 saturated heterocycles. The zero-order valence-electron chi connectivity index (χ0n) is 7.67. The van der Waals surface area contributed by atoms with E-state index in [-0.39, 0.29) is 6.42 Å². The molecule has 0 bridgehead atoms. The SMILES string of the molecule is CC1CC(=O)N(CC(F)(F)CO)C1=O. The third-order valence-corrected chi connectivity index (χ3v) is 2.09. The predicted octanol–water partition coefficient (Wildman–Crippen LogP) is 0.00900. The highest BCUT2D eigenvalue weighted by Crippen LogP contribution is 2.23. The van der Waals surface area contributed by atoms with E-state index in [0.29, 0.717) is 4.90 Å². The summed E-state index contributed by atoms with van der Waals surface area (Å²) in [5.41, 5.74) is 0. The van der Waals surface area contributed by atoms with Gasteiger partial charge >= 0.3 is 0 Å². The van der Waals surface area contributed by atoms with Gasteiger partial charge in [0.05, 0.1) is 6.54 Å². The highest BCUT2D eigenvalue weighted by molar-refractivity contribution is 6.03. The monoisotopic (exact) mass is 207 g/mol. The number of carbonyl (C=O) groups is 2. The quantitative estimate of drug-likeness (QED) is 0.663. The number of carbonyl (C=O) groups excluding carboxylic acids is 2. The van der Waals surface area contributed by atoms with Gasteiger partial charge in [-0.25, -0.2) is 8.78 Å². The first-order valence-electron chi connectivity index (χ1n) is 4.20. The van der Waals surface area contributed by atoms with Crippen molar-refractivity contribution in [2.24, 2.45) is 5.92 Å². The summed E-state index contributed by atoms with van der Waals surface area (Å²) < 4.78 is 25.4. The standard InChI is InChI=1S/C8H11F2NO3/c1-5-2-6(13)11(7(5)14)3-8(9,10)4-12/h5,12H,2-4H2,1H3. The molecule has 0 saturated carbocycles. The topological polar surface area (TPSA) is 57.6 Å². The molecule has 0 aromatic heterocycles. The summed E-state index contributed by atoms with van der Waals surface area (Å²) in [4.78, 5) is 22.8. The van der Waals surface area contributed by atoms with Gasteiger partial charge in [0.1, 0.15) is 6.61 Å². The maximum absolute atomic E-state index is 12.7. The van der Waals surface area contributed by atoms with Gasteiger partial charge in [-0.3, -0.25) is 14.5 Å². The fraction of sp³-hybridized carbons (Fsp3) is 0.750. The zero-order valence-corrected chi connectivity index (χ0v) is 7.67. The molecule has 14 heavy (non-hydrogen) atoms. The molecular weight excluding hydrogens is 196 g/mol. The summed E-state index contributed by atoms with van der Waals surface area (Å²) in [5.74, 6) is -5.13. The first-order chi connectivity index (χ1) is 6.37. The van der Waals surface area contributed by atoms with E-state index >= 15 is 0 Å². The van der Waals surface area contributed by atoms with Crippen LogP contribution in [0.3, 0.4) is 0 Å². The predicted molar refractivity (Wildman–Crippen MR) is 42.5 cm³/mol. The maximum Gasteiger partial charge on any atom is 0.288 e. The van der Waals surface area contributed by atoms with Gasteiger partial charge in [0, 0.05) is 12.3 Å². The Balaban J connectivity index is 2.70. The number of amides is 2. The lowest BCUT2D eigenvalue weighted by Crippen LogP contribution is -2.42. The molecule has 0 aliphatic carbocycles. The van der Waals surface area contributed by atoms with Gasteiger partial charge in [-0.1, -0.05) is 6.92 Å². The highest BCUT2D eigenvalue weighted by atomic mass is 19.3. The molecule has 6 heteroatoms. The second kappa shape index (κ2) is 3.61. The number of aliphatic hydroxyl groups is 1. The largest absolute Gasteiger partial charge is 0.390 e. The maximum atomic E-state index is 12.7. The molecule has 0 spiro atoms. The van der Waals surface area contributed by atoms with Crippen molar-refractivity contribution in [3.8, 4) is 0 Å². The van der Waals surface area contributed by atoms with Gasteiger partial charge in [-0.15, -0.1) is 0 Å². The van der Waals surface area contributed by atoms with E-state index in [9.17, 15) is 18.4 Å². The molecular formula is C8H11F2NO3. The van der Waals surface area contributed by atoms with Crippen molar-refractivity contribution in [2.45, 2.75) is 19.3 Å². The van der Waals surface area contributed by atoms with E-state index in [1.807, 2.05) is 0 Å². The summed E-state index contributed by atoms with van der Waals surface area (Å²) in [6, 6.07) is 0. The van der Waals surface area contributed by atoms with E-state index in [0.717, 1.165) is 0 Å². The summed E-state index contributed by atoms with van der Waals surface area (Å²) in [7, 11) is 0. The van der Waals surface area contributed by atoms with Gasteiger partial charge in [-0.05, 0) is 0 Å². The van der Waals surface area contributed by atoms with Crippen LogP contribution in [-0.2, 0) is 9.59 Å². The van der Waals surface area contributed by atoms with Crippen molar-refractivity contribution in [2.75, 3.05) is 13.2 Å². The lowest BCUT2D eigenvalue weighted by atomic mass is 10.1. The van der Waals surface area contributed by atoms with Crippen LogP contribution in [0.5, 0.6) is 0 Å². The van der Waals surface area contributed by atoms with Gasteiger partial charge in [0.25, 0.3) is 5.92 Å². The van der Waals surface area contributed by atoms with E-state index in [1.165, 1.54) is 6.92 Å². The van der Waals surface area contributed by atoms with Crippen LogP contribution >= 0.6 is 0 Å². The number of halogens is 2. The number of rotatable bonds is 3. The van der Waals surface area contributed by atoms with Crippen LogP contribution in [-0.4, -0.2) is 40.9 Å². The van der Waals surface area contributed by atoms with Crippen LogP contribution in [0, 0.1) is 5.92 Å². The Hall–Kier alpha value is -1.04. The lowest BCUT2D eigenvalue weighted by Gasteiger charge is -2.20. The molecule has 0 aromatic carbocycles. The average molecular weight is 207 g/mol. The third-order valence-electron chi connectivity index (χ3n) is 2.09. The molecule has 1 unspecified atom stereocenters. The van der Waals surface area contributed by atoms with E-state index in [2.05, 4.69) is 0 Å². The van der Waals surface area contributed by atoms with Crippen molar-refractivity contribution in [3.05, 3.63) is 0 Å². The number of aliphatic hydroxyl groups excluding tert-OH is 1. The van der Waals surface area contributed by atoms with Gasteiger partial charge in [-0.2, -0.15) is 0 Å². The Morgan fingerprint density at radius 2 is 2.14 bits per heavy atom. The van der Waals surface area contributed by atoms with Crippen molar-refractivity contribution in [1.82, 2.24) is 4.90 Å². The number of nitrogens with zero attached hydrogens (tertiary/aromatic N) is 1. The zero-order chi connectivity index (χ0) is 10.9. The Morgan fingerprint density at radius 3 is 2.50 bits per heavy atom. The number of likely N-dealkylation sites (tertiary alicyclic amines) is 1. The smallest absolute Gasteiger partial charge is 0.288 e. The first-order valence-corrected chi connectivity index (χ1v) is 4.20. The summed E-state index contributed by atoms with van der Waals surface area (Å²) >= 11 is 0. The van der Waals surface area contributed by atoms with Gasteiger partial charge < -0.3 is 5.11 Å². The fourth-order valence-electron chi connectivity index (χ4n) is 1.30. The number of imide groups is 1. The second-order valence-corrected chi connectivity index (χ2v) is 3.44. The fourth-order valence-corrected chi connectivity index (χ4v) is 1.30. The minimum absolute atomic E-state index is 0.0274. The Kier molecular flexibility index (Phi) is 2.84. The molecule has 80 valence electrons. The minimum atomic E-state index is -3.41. The molecule has 1 rings (SSSR count). The van der Waals surface area contributed by atoms with Crippen LogP contribution in [0.15, 0.2) is 0 Å². The van der Waals surface area contributed by atoms with Crippen LogP contribution < -0.4 is 0 Å². The molecule has 0 aromatic rings.